The van der Waals surface area contributed by atoms with Gasteiger partial charge in [0.05, 0.1) is 6.61 Å². The fourth-order valence-electron chi connectivity index (χ4n) is 0.319. The van der Waals surface area contributed by atoms with E-state index in [1.54, 1.807) is 20.8 Å². The molecule has 0 rings (SSSR count). The normalized spacial score (nSPS) is 12.1. The molecule has 0 aliphatic carbocycles. The third-order valence-corrected chi connectivity index (χ3v) is 0.977. The van der Waals surface area contributed by atoms with Crippen LogP contribution in [0.25, 0.3) is 0 Å². The molecular weight excluding hydrogens is 226 g/mol. The molecule has 0 aliphatic heterocycles. The van der Waals surface area contributed by atoms with Crippen LogP contribution >= 0.6 is 11.6 Å². The van der Waals surface area contributed by atoms with E-state index in [4.69, 9.17) is 27.5 Å². The number of aliphatic carboxylic acids is 1. The zero-order chi connectivity index (χ0) is 12.6. The van der Waals surface area contributed by atoms with Gasteiger partial charge in [0.25, 0.3) is 0 Å². The van der Waals surface area contributed by atoms with Gasteiger partial charge in [0, 0.05) is 11.6 Å². The number of aliphatic hydroxyl groups is 1. The molecule has 0 amide bonds. The van der Waals surface area contributed by atoms with E-state index in [1.807, 2.05) is 0 Å². The number of carboxylic acid groups (broad SMARTS) is 1. The van der Waals surface area contributed by atoms with Gasteiger partial charge < -0.3 is 20.7 Å². The summed E-state index contributed by atoms with van der Waals surface area (Å²) in [5.74, 6) is -1.18. The van der Waals surface area contributed by atoms with Crippen molar-refractivity contribution in [3.8, 4) is 0 Å². The van der Waals surface area contributed by atoms with Crippen LogP contribution in [0.2, 0.25) is 0 Å². The maximum atomic E-state index is 10.0. The molecule has 15 heavy (non-hydrogen) atoms. The molecule has 0 aromatic heterocycles. The number of carbonyl (C=O) groups excluding carboxylic acids is 1. The van der Waals surface area contributed by atoms with Gasteiger partial charge in [0.2, 0.25) is 0 Å². The highest BCUT2D eigenvalue weighted by atomic mass is 35.5. The number of nitrogens with two attached hydrogens (primary N) is 1. The van der Waals surface area contributed by atoms with E-state index in [9.17, 15) is 9.59 Å². The predicted octanol–water partition coefficient (Wildman–Crippen LogP) is 0.551. The summed E-state index contributed by atoms with van der Waals surface area (Å²) >= 11 is 4.90. The summed E-state index contributed by atoms with van der Waals surface area (Å²) in [6, 6.07) is -1.13. The third-order valence-electron chi connectivity index (χ3n) is 0.900. The minimum Gasteiger partial charge on any atom is -0.480 e. The van der Waals surface area contributed by atoms with Crippen LogP contribution in [-0.4, -0.2) is 39.9 Å². The largest absolute Gasteiger partial charge is 0.480 e. The lowest BCUT2D eigenvalue weighted by atomic mass is 10.2. The quantitative estimate of drug-likeness (QED) is 0.609. The Morgan fingerprint density at radius 1 is 1.47 bits per heavy atom. The Bertz CT molecular complexity index is 214. The number of hydrogen-bond donors (Lipinski definition) is 3. The summed E-state index contributed by atoms with van der Waals surface area (Å²) < 4.78 is 4.56. The second-order valence-corrected chi connectivity index (χ2v) is 3.89. The van der Waals surface area contributed by atoms with Crippen LogP contribution in [0, 0.1) is 0 Å². The van der Waals surface area contributed by atoms with Crippen LogP contribution in [-0.2, 0) is 9.53 Å². The molecular formula is C8H16ClNO5. The molecule has 7 heteroatoms. The predicted molar refractivity (Wildman–Crippen MR) is 54.8 cm³/mol. The summed E-state index contributed by atoms with van der Waals surface area (Å²) in [4.78, 5) is 19.6. The van der Waals surface area contributed by atoms with Crippen molar-refractivity contribution in [2.75, 3.05) is 6.61 Å². The van der Waals surface area contributed by atoms with Crippen LogP contribution in [0.4, 0.5) is 4.79 Å². The van der Waals surface area contributed by atoms with E-state index in [-0.39, 0.29) is 0 Å². The van der Waals surface area contributed by atoms with E-state index in [2.05, 4.69) is 4.74 Å². The van der Waals surface area contributed by atoms with Gasteiger partial charge in [-0.15, -0.1) is 0 Å². The second kappa shape index (κ2) is 7.44. The van der Waals surface area contributed by atoms with Crippen molar-refractivity contribution in [2.45, 2.75) is 32.4 Å². The van der Waals surface area contributed by atoms with Gasteiger partial charge >= 0.3 is 11.4 Å². The Labute approximate surface area is 93.0 Å². The molecule has 4 N–H and O–H groups in total. The summed E-state index contributed by atoms with van der Waals surface area (Å²) in [5, 5.41) is 15.9. The number of rotatable bonds is 2. The van der Waals surface area contributed by atoms with Gasteiger partial charge in [-0.3, -0.25) is 4.79 Å². The first kappa shape index (κ1) is 16.6. The molecule has 1 unspecified atom stereocenters. The number of aliphatic hydroxyl groups excluding tert-OH is 1. The lowest BCUT2D eigenvalue weighted by Gasteiger charge is -2.16. The zero-order valence-electron chi connectivity index (χ0n) is 8.86. The summed E-state index contributed by atoms with van der Waals surface area (Å²) in [6.07, 6.45) is 0. The van der Waals surface area contributed by atoms with Gasteiger partial charge in [-0.25, -0.2) is 4.79 Å². The molecule has 0 bridgehead atoms. The molecule has 0 radical (unpaired) electrons. The molecule has 1 atom stereocenters. The Hall–Kier alpha value is -0.850. The molecule has 0 aromatic carbocycles. The van der Waals surface area contributed by atoms with Crippen molar-refractivity contribution in [1.29, 1.82) is 0 Å². The molecule has 0 heterocycles. The van der Waals surface area contributed by atoms with E-state index >= 15 is 0 Å². The van der Waals surface area contributed by atoms with Crippen molar-refractivity contribution < 1.29 is 24.5 Å². The number of ether oxygens (including phenoxy) is 1. The van der Waals surface area contributed by atoms with Gasteiger partial charge in [-0.05, 0) is 20.8 Å². The van der Waals surface area contributed by atoms with Gasteiger partial charge in [-0.1, -0.05) is 0 Å². The number of hydrogen-bond acceptors (Lipinski definition) is 5. The zero-order valence-corrected chi connectivity index (χ0v) is 9.61. The summed E-state index contributed by atoms with van der Waals surface area (Å²) in [6.45, 7) is 4.77. The lowest BCUT2D eigenvalue weighted by Crippen LogP contribution is -2.33. The van der Waals surface area contributed by atoms with E-state index in [0.29, 0.717) is 0 Å². The molecule has 0 fully saturated rings. The Balaban J connectivity index is 0. The minimum atomic E-state index is -1.18. The highest BCUT2D eigenvalue weighted by Crippen LogP contribution is 2.08. The van der Waals surface area contributed by atoms with Crippen molar-refractivity contribution in [3.05, 3.63) is 0 Å². The van der Waals surface area contributed by atoms with Crippen LogP contribution in [0.5, 0.6) is 0 Å². The van der Waals surface area contributed by atoms with Crippen LogP contribution < -0.4 is 5.73 Å². The Kier molecular flexibility index (Phi) is 8.22. The van der Waals surface area contributed by atoms with Gasteiger partial charge in [-0.2, -0.15) is 0 Å². The fraction of sp³-hybridized carbons (Fsp3) is 0.750. The molecule has 6 nitrogen and oxygen atoms in total. The fourth-order valence-corrected chi connectivity index (χ4v) is 0.550. The minimum absolute atomic E-state index is 0.459. The van der Waals surface area contributed by atoms with Gasteiger partial charge in [0.1, 0.15) is 11.6 Å². The number of carboxylic acids is 1. The first-order chi connectivity index (χ1) is 6.60. The monoisotopic (exact) mass is 241 g/mol. The molecule has 0 saturated carbocycles. The second-order valence-electron chi connectivity index (χ2n) is 3.58. The van der Waals surface area contributed by atoms with Gasteiger partial charge in [0.15, 0.2) is 0 Å². The maximum Gasteiger partial charge on any atom is 0.404 e. The van der Waals surface area contributed by atoms with Crippen molar-refractivity contribution in [1.82, 2.24) is 0 Å². The average molecular weight is 242 g/mol. The number of halogens is 1. The van der Waals surface area contributed by atoms with E-state index < -0.39 is 29.6 Å². The topological polar surface area (TPSA) is 110 Å². The highest BCUT2D eigenvalue weighted by Gasteiger charge is 2.13. The lowest BCUT2D eigenvalue weighted by molar-refractivity contribution is -0.139. The standard InChI is InChI=1S/C5H9ClO2.C3H7NO3/c1-5(2,3)8-4(6)7;4-2(1-5)3(6)7/h1-3H3;2,5H,1,4H2,(H,6,7). The third kappa shape index (κ3) is 15.9. The highest BCUT2D eigenvalue weighted by molar-refractivity contribution is 6.61. The van der Waals surface area contributed by atoms with Crippen LogP contribution in [0.3, 0.4) is 0 Å². The molecule has 0 spiro atoms. The molecule has 0 aromatic rings. The molecule has 0 aliphatic rings. The Morgan fingerprint density at radius 2 is 1.87 bits per heavy atom. The molecule has 90 valence electrons. The number of carbonyl (C=O) groups is 2. The smallest absolute Gasteiger partial charge is 0.404 e. The van der Waals surface area contributed by atoms with E-state index in [1.165, 1.54) is 0 Å². The first-order valence-electron chi connectivity index (χ1n) is 4.08. The van der Waals surface area contributed by atoms with Crippen LogP contribution in [0.1, 0.15) is 20.8 Å². The Morgan fingerprint density at radius 3 is 1.87 bits per heavy atom. The van der Waals surface area contributed by atoms with Crippen molar-refractivity contribution in [2.24, 2.45) is 5.73 Å². The average Bonchev–Trinajstić information content (AvgIpc) is 1.99. The van der Waals surface area contributed by atoms with Crippen molar-refractivity contribution in [3.63, 3.8) is 0 Å². The molecule has 0 saturated heterocycles. The maximum absolute atomic E-state index is 10.0. The summed E-state index contributed by atoms with van der Waals surface area (Å²) in [5.41, 5.74) is 3.55. The first-order valence-corrected chi connectivity index (χ1v) is 4.45. The van der Waals surface area contributed by atoms with Crippen molar-refractivity contribution >= 4 is 23.0 Å². The summed E-state index contributed by atoms with van der Waals surface area (Å²) in [7, 11) is 0. The van der Waals surface area contributed by atoms with E-state index in [0.717, 1.165) is 0 Å². The van der Waals surface area contributed by atoms with Crippen LogP contribution in [0.15, 0.2) is 0 Å². The SMILES string of the molecule is CC(C)(C)OC(=O)Cl.NC(CO)C(=O)O.